The first-order valence-corrected chi connectivity index (χ1v) is 8.34. The van der Waals surface area contributed by atoms with Crippen molar-refractivity contribution in [2.45, 2.75) is 45.6 Å². The Bertz CT molecular complexity index is 727. The number of amides is 1. The molecule has 1 saturated carbocycles. The van der Waals surface area contributed by atoms with Crippen molar-refractivity contribution in [3.8, 4) is 5.75 Å². The summed E-state index contributed by atoms with van der Waals surface area (Å²) in [5.41, 5.74) is 2.27. The van der Waals surface area contributed by atoms with E-state index < -0.39 is 0 Å². The van der Waals surface area contributed by atoms with Crippen LogP contribution in [0.25, 0.3) is 10.9 Å². The van der Waals surface area contributed by atoms with Crippen LogP contribution in [-0.2, 0) is 0 Å². The number of carbonyl (C=O) groups is 1. The number of nitrogens with zero attached hydrogens (tertiary/aromatic N) is 1. The number of carbonyl (C=O) groups excluding carboxylic acids is 1. The SMILES string of the molecule is COc1ccc2cc(C(=O)NC3CCCCC3C)c(C)nc2c1. The average molecular weight is 312 g/mol. The molecule has 0 aliphatic heterocycles. The van der Waals surface area contributed by atoms with Crippen LogP contribution in [0.3, 0.4) is 0 Å². The second kappa shape index (κ2) is 6.57. The van der Waals surface area contributed by atoms with Crippen molar-refractivity contribution >= 4 is 16.8 Å². The Hall–Kier alpha value is -2.10. The first kappa shape index (κ1) is 15.8. The molecule has 2 atom stereocenters. The number of hydrogen-bond acceptors (Lipinski definition) is 3. The molecule has 23 heavy (non-hydrogen) atoms. The van der Waals surface area contributed by atoms with Crippen LogP contribution in [0.4, 0.5) is 0 Å². The second-order valence-corrected chi connectivity index (χ2v) is 6.52. The fourth-order valence-corrected chi connectivity index (χ4v) is 3.38. The third-order valence-electron chi connectivity index (χ3n) is 4.89. The van der Waals surface area contributed by atoms with Crippen molar-refractivity contribution in [3.63, 3.8) is 0 Å². The number of nitrogens with one attached hydrogen (secondary N) is 1. The molecule has 2 aromatic rings. The summed E-state index contributed by atoms with van der Waals surface area (Å²) in [4.78, 5) is 17.2. The highest BCUT2D eigenvalue weighted by Crippen LogP contribution is 2.25. The molecule has 3 rings (SSSR count). The Morgan fingerprint density at radius 3 is 2.78 bits per heavy atom. The van der Waals surface area contributed by atoms with Crippen molar-refractivity contribution in [2.75, 3.05) is 7.11 Å². The maximum Gasteiger partial charge on any atom is 0.253 e. The van der Waals surface area contributed by atoms with E-state index in [0.717, 1.165) is 28.8 Å². The molecule has 1 N–H and O–H groups in total. The first-order valence-electron chi connectivity index (χ1n) is 8.34. The minimum atomic E-state index is -0.00790. The van der Waals surface area contributed by atoms with Gasteiger partial charge in [0.15, 0.2) is 0 Å². The summed E-state index contributed by atoms with van der Waals surface area (Å²) >= 11 is 0. The van der Waals surface area contributed by atoms with Crippen LogP contribution in [0.15, 0.2) is 24.3 Å². The third-order valence-corrected chi connectivity index (χ3v) is 4.89. The number of ether oxygens (including phenoxy) is 1. The Kier molecular flexibility index (Phi) is 4.51. The van der Waals surface area contributed by atoms with Crippen LogP contribution in [0, 0.1) is 12.8 Å². The molecule has 1 aromatic heterocycles. The molecule has 122 valence electrons. The van der Waals surface area contributed by atoms with Gasteiger partial charge in [0.2, 0.25) is 0 Å². The molecule has 4 nitrogen and oxygen atoms in total. The minimum absolute atomic E-state index is 0.00790. The summed E-state index contributed by atoms with van der Waals surface area (Å²) in [6.07, 6.45) is 4.74. The molecule has 1 aliphatic carbocycles. The molecule has 1 fully saturated rings. The van der Waals surface area contributed by atoms with Crippen molar-refractivity contribution < 1.29 is 9.53 Å². The molecule has 0 bridgehead atoms. The first-order chi connectivity index (χ1) is 11.1. The lowest BCUT2D eigenvalue weighted by atomic mass is 9.86. The highest BCUT2D eigenvalue weighted by Gasteiger charge is 2.24. The van der Waals surface area contributed by atoms with Gasteiger partial charge in [0.1, 0.15) is 5.75 Å². The summed E-state index contributed by atoms with van der Waals surface area (Å²) in [6, 6.07) is 7.94. The van der Waals surface area contributed by atoms with Gasteiger partial charge in [0, 0.05) is 17.5 Å². The van der Waals surface area contributed by atoms with Crippen LogP contribution in [-0.4, -0.2) is 24.0 Å². The molecule has 0 saturated heterocycles. The van der Waals surface area contributed by atoms with Crippen LogP contribution < -0.4 is 10.1 Å². The molecule has 4 heteroatoms. The molecule has 1 amide bonds. The Labute approximate surface area is 137 Å². The summed E-state index contributed by atoms with van der Waals surface area (Å²) in [7, 11) is 1.64. The molecular weight excluding hydrogens is 288 g/mol. The van der Waals surface area contributed by atoms with Crippen LogP contribution in [0.5, 0.6) is 5.75 Å². The standard InChI is InChI=1S/C19H24N2O2/c1-12-6-4-5-7-17(12)21-19(22)16-10-14-8-9-15(23-3)11-18(14)20-13(16)2/h8-12,17H,4-7H2,1-3H3,(H,21,22). The van der Waals surface area contributed by atoms with Gasteiger partial charge in [-0.25, -0.2) is 0 Å². The number of benzene rings is 1. The second-order valence-electron chi connectivity index (χ2n) is 6.52. The number of aromatic nitrogens is 1. The number of pyridine rings is 1. The topological polar surface area (TPSA) is 51.2 Å². The van der Waals surface area contributed by atoms with Gasteiger partial charge in [-0.2, -0.15) is 0 Å². The monoisotopic (exact) mass is 312 g/mol. The lowest BCUT2D eigenvalue weighted by Crippen LogP contribution is -2.41. The van der Waals surface area contributed by atoms with E-state index in [4.69, 9.17) is 4.74 Å². The largest absolute Gasteiger partial charge is 0.497 e. The van der Waals surface area contributed by atoms with Gasteiger partial charge >= 0.3 is 0 Å². The fourth-order valence-electron chi connectivity index (χ4n) is 3.38. The number of fused-ring (bicyclic) bond motifs is 1. The third kappa shape index (κ3) is 3.31. The zero-order valence-electron chi connectivity index (χ0n) is 14.1. The maximum absolute atomic E-state index is 12.7. The molecular formula is C19H24N2O2. The van der Waals surface area contributed by atoms with Gasteiger partial charge in [0.25, 0.3) is 5.91 Å². The minimum Gasteiger partial charge on any atom is -0.497 e. The predicted molar refractivity (Wildman–Crippen MR) is 91.9 cm³/mol. The van der Waals surface area contributed by atoms with Gasteiger partial charge in [0.05, 0.1) is 23.9 Å². The van der Waals surface area contributed by atoms with Crippen molar-refractivity contribution in [1.29, 1.82) is 0 Å². The van der Waals surface area contributed by atoms with E-state index in [2.05, 4.69) is 17.2 Å². The summed E-state index contributed by atoms with van der Waals surface area (Å²) < 4.78 is 5.23. The zero-order valence-corrected chi connectivity index (χ0v) is 14.1. The smallest absolute Gasteiger partial charge is 0.253 e. The van der Waals surface area contributed by atoms with Gasteiger partial charge in [-0.15, -0.1) is 0 Å². The van der Waals surface area contributed by atoms with E-state index in [0.29, 0.717) is 11.5 Å². The summed E-state index contributed by atoms with van der Waals surface area (Å²) in [6.45, 7) is 4.11. The molecule has 1 aliphatic rings. The van der Waals surface area contributed by atoms with Crippen molar-refractivity contribution in [2.24, 2.45) is 5.92 Å². The van der Waals surface area contributed by atoms with Gasteiger partial charge in [-0.3, -0.25) is 9.78 Å². The van der Waals surface area contributed by atoms with E-state index in [1.165, 1.54) is 19.3 Å². The van der Waals surface area contributed by atoms with Crippen LogP contribution >= 0.6 is 0 Å². The predicted octanol–water partition coefficient (Wildman–Crippen LogP) is 3.86. The fraction of sp³-hybridized carbons (Fsp3) is 0.474. The van der Waals surface area contributed by atoms with E-state index in [-0.39, 0.29) is 11.9 Å². The van der Waals surface area contributed by atoms with Gasteiger partial charge in [-0.05, 0) is 43.9 Å². The van der Waals surface area contributed by atoms with E-state index >= 15 is 0 Å². The quantitative estimate of drug-likeness (QED) is 0.936. The highest BCUT2D eigenvalue weighted by molar-refractivity contribution is 5.99. The molecule has 0 spiro atoms. The lowest BCUT2D eigenvalue weighted by molar-refractivity contribution is 0.0909. The van der Waals surface area contributed by atoms with Crippen molar-refractivity contribution in [3.05, 3.63) is 35.5 Å². The van der Waals surface area contributed by atoms with E-state index in [9.17, 15) is 4.79 Å². The van der Waals surface area contributed by atoms with Crippen molar-refractivity contribution in [1.82, 2.24) is 10.3 Å². The zero-order chi connectivity index (χ0) is 16.4. The molecule has 1 heterocycles. The Morgan fingerprint density at radius 1 is 1.26 bits per heavy atom. The normalized spacial score (nSPS) is 21.2. The highest BCUT2D eigenvalue weighted by atomic mass is 16.5. The van der Waals surface area contributed by atoms with Crippen LogP contribution in [0.2, 0.25) is 0 Å². The van der Waals surface area contributed by atoms with Crippen LogP contribution in [0.1, 0.15) is 48.7 Å². The molecule has 1 aromatic carbocycles. The lowest BCUT2D eigenvalue weighted by Gasteiger charge is -2.29. The van der Waals surface area contributed by atoms with Gasteiger partial charge < -0.3 is 10.1 Å². The molecule has 2 unspecified atom stereocenters. The van der Waals surface area contributed by atoms with E-state index in [1.807, 2.05) is 31.2 Å². The number of rotatable bonds is 3. The number of aryl methyl sites for hydroxylation is 1. The van der Waals surface area contributed by atoms with Gasteiger partial charge in [-0.1, -0.05) is 19.8 Å². The number of methoxy groups -OCH3 is 1. The molecule has 0 radical (unpaired) electrons. The summed E-state index contributed by atoms with van der Waals surface area (Å²) in [5, 5.41) is 4.17. The summed E-state index contributed by atoms with van der Waals surface area (Å²) in [5.74, 6) is 1.31. The Balaban J connectivity index is 1.86. The Morgan fingerprint density at radius 2 is 2.04 bits per heavy atom. The average Bonchev–Trinajstić information content (AvgIpc) is 2.55. The number of hydrogen-bond donors (Lipinski definition) is 1. The van der Waals surface area contributed by atoms with E-state index in [1.54, 1.807) is 7.11 Å². The maximum atomic E-state index is 12.7.